The molecule has 0 radical (unpaired) electrons. The van der Waals surface area contributed by atoms with Crippen LogP contribution in [0.1, 0.15) is 31.2 Å². The van der Waals surface area contributed by atoms with Crippen LogP contribution < -0.4 is 5.32 Å². The molecule has 0 saturated heterocycles. The molecule has 3 nitrogen and oxygen atoms in total. The van der Waals surface area contributed by atoms with Crippen LogP contribution in [0.5, 0.6) is 0 Å². The van der Waals surface area contributed by atoms with Gasteiger partial charge in [0.15, 0.2) is 0 Å². The number of rotatable bonds is 7. The Morgan fingerprint density at radius 1 is 1.41 bits per heavy atom. The summed E-state index contributed by atoms with van der Waals surface area (Å²) in [7, 11) is 1.75. The zero-order valence-electron chi connectivity index (χ0n) is 10.7. The van der Waals surface area contributed by atoms with E-state index in [4.69, 9.17) is 9.15 Å². The van der Waals surface area contributed by atoms with Gasteiger partial charge in [-0.05, 0) is 36.3 Å². The average molecular weight is 237 g/mol. The van der Waals surface area contributed by atoms with Gasteiger partial charge in [-0.25, -0.2) is 0 Å². The Morgan fingerprint density at radius 3 is 2.88 bits per heavy atom. The smallest absolute Gasteiger partial charge is 0.0934 e. The molecule has 0 unspecified atom stereocenters. The lowest BCUT2D eigenvalue weighted by Crippen LogP contribution is -2.35. The van der Waals surface area contributed by atoms with Gasteiger partial charge in [-0.15, -0.1) is 0 Å². The summed E-state index contributed by atoms with van der Waals surface area (Å²) in [6.45, 7) is 2.84. The van der Waals surface area contributed by atoms with Crippen LogP contribution in [0.4, 0.5) is 0 Å². The van der Waals surface area contributed by atoms with E-state index in [1.807, 2.05) is 6.26 Å². The van der Waals surface area contributed by atoms with Crippen molar-refractivity contribution in [3.05, 3.63) is 24.2 Å². The minimum atomic E-state index is 0.442. The molecule has 1 heterocycles. The quantitative estimate of drug-likeness (QED) is 0.740. The van der Waals surface area contributed by atoms with Crippen molar-refractivity contribution in [2.24, 2.45) is 5.41 Å². The fourth-order valence-corrected chi connectivity index (χ4v) is 2.90. The second kappa shape index (κ2) is 6.22. The summed E-state index contributed by atoms with van der Waals surface area (Å²) in [6.07, 6.45) is 10.2. The minimum Gasteiger partial charge on any atom is -0.472 e. The summed E-state index contributed by atoms with van der Waals surface area (Å²) in [6, 6.07) is 2.09. The van der Waals surface area contributed by atoms with Crippen molar-refractivity contribution in [3.63, 3.8) is 0 Å². The maximum Gasteiger partial charge on any atom is 0.0934 e. The number of nitrogens with one attached hydrogen (secondary N) is 1. The van der Waals surface area contributed by atoms with Gasteiger partial charge in [-0.1, -0.05) is 12.8 Å². The van der Waals surface area contributed by atoms with Crippen LogP contribution in [0.25, 0.3) is 0 Å². The highest BCUT2D eigenvalue weighted by Crippen LogP contribution is 2.40. The van der Waals surface area contributed by atoms with E-state index in [9.17, 15) is 0 Å². The van der Waals surface area contributed by atoms with Gasteiger partial charge in [0.1, 0.15) is 0 Å². The van der Waals surface area contributed by atoms with Gasteiger partial charge in [0.2, 0.25) is 0 Å². The Kier molecular flexibility index (Phi) is 4.63. The Hall–Kier alpha value is -0.800. The molecule has 0 aliphatic heterocycles. The maximum atomic E-state index is 5.17. The fourth-order valence-electron chi connectivity index (χ4n) is 2.90. The molecular formula is C14H23NO2. The van der Waals surface area contributed by atoms with Gasteiger partial charge in [0.05, 0.1) is 19.1 Å². The lowest BCUT2D eigenvalue weighted by Gasteiger charge is -2.29. The molecule has 2 rings (SSSR count). The van der Waals surface area contributed by atoms with Gasteiger partial charge in [0.25, 0.3) is 0 Å². The Morgan fingerprint density at radius 2 is 2.24 bits per heavy atom. The van der Waals surface area contributed by atoms with E-state index >= 15 is 0 Å². The van der Waals surface area contributed by atoms with Crippen molar-refractivity contribution in [1.82, 2.24) is 5.32 Å². The monoisotopic (exact) mass is 237 g/mol. The molecule has 0 aromatic carbocycles. The van der Waals surface area contributed by atoms with Crippen molar-refractivity contribution in [3.8, 4) is 0 Å². The van der Waals surface area contributed by atoms with Gasteiger partial charge in [-0.2, -0.15) is 0 Å². The molecule has 17 heavy (non-hydrogen) atoms. The third kappa shape index (κ3) is 3.58. The highest BCUT2D eigenvalue weighted by molar-refractivity contribution is 5.10. The van der Waals surface area contributed by atoms with Crippen molar-refractivity contribution in [2.75, 3.05) is 26.8 Å². The molecule has 1 aromatic rings. The Balaban J connectivity index is 1.86. The van der Waals surface area contributed by atoms with Crippen LogP contribution in [0, 0.1) is 5.41 Å². The molecule has 1 saturated carbocycles. The van der Waals surface area contributed by atoms with Crippen LogP contribution in [0.2, 0.25) is 0 Å². The molecule has 1 aliphatic carbocycles. The van der Waals surface area contributed by atoms with Crippen LogP contribution in [-0.4, -0.2) is 26.8 Å². The number of ether oxygens (including phenoxy) is 1. The summed E-state index contributed by atoms with van der Waals surface area (Å²) in [5.74, 6) is 0. The predicted octanol–water partition coefficient (Wildman–Crippen LogP) is 2.62. The van der Waals surface area contributed by atoms with Crippen molar-refractivity contribution in [2.45, 2.75) is 32.1 Å². The fraction of sp³-hybridized carbons (Fsp3) is 0.714. The third-order valence-corrected chi connectivity index (χ3v) is 3.81. The molecular weight excluding hydrogens is 214 g/mol. The summed E-state index contributed by atoms with van der Waals surface area (Å²) in [5, 5.41) is 3.53. The molecule has 96 valence electrons. The topological polar surface area (TPSA) is 34.4 Å². The van der Waals surface area contributed by atoms with Gasteiger partial charge in [0, 0.05) is 20.2 Å². The molecule has 0 spiro atoms. The van der Waals surface area contributed by atoms with Crippen molar-refractivity contribution < 1.29 is 9.15 Å². The molecule has 3 heteroatoms. The van der Waals surface area contributed by atoms with Crippen LogP contribution in [0.3, 0.4) is 0 Å². The standard InChI is InChI=1S/C14H23NO2/c1-16-9-7-15-12-14(5-2-3-6-14)10-13-4-8-17-11-13/h4,8,11,15H,2-3,5-7,9-10,12H2,1H3. The molecule has 1 N–H and O–H groups in total. The summed E-state index contributed by atoms with van der Waals surface area (Å²) >= 11 is 0. The number of furan rings is 1. The summed E-state index contributed by atoms with van der Waals surface area (Å²) in [4.78, 5) is 0. The molecule has 1 aromatic heterocycles. The second-order valence-electron chi connectivity index (χ2n) is 5.19. The van der Waals surface area contributed by atoms with Crippen LogP contribution in [0.15, 0.2) is 23.0 Å². The highest BCUT2D eigenvalue weighted by atomic mass is 16.5. The largest absolute Gasteiger partial charge is 0.472 e. The molecule has 1 fully saturated rings. The van der Waals surface area contributed by atoms with Crippen molar-refractivity contribution in [1.29, 1.82) is 0 Å². The van der Waals surface area contributed by atoms with E-state index in [1.54, 1.807) is 13.4 Å². The van der Waals surface area contributed by atoms with E-state index in [2.05, 4.69) is 11.4 Å². The SMILES string of the molecule is COCCNCC1(Cc2ccoc2)CCCC1. The van der Waals surface area contributed by atoms with E-state index in [-0.39, 0.29) is 0 Å². The number of hydrogen-bond acceptors (Lipinski definition) is 3. The van der Waals surface area contributed by atoms with E-state index in [0.29, 0.717) is 5.41 Å². The van der Waals surface area contributed by atoms with E-state index < -0.39 is 0 Å². The molecule has 0 bridgehead atoms. The second-order valence-corrected chi connectivity index (χ2v) is 5.19. The Bertz CT molecular complexity index is 302. The third-order valence-electron chi connectivity index (χ3n) is 3.81. The van der Waals surface area contributed by atoms with Gasteiger partial charge < -0.3 is 14.5 Å². The predicted molar refractivity (Wildman–Crippen MR) is 68.1 cm³/mol. The molecule has 0 amide bonds. The zero-order valence-corrected chi connectivity index (χ0v) is 10.7. The number of hydrogen-bond donors (Lipinski definition) is 1. The summed E-state index contributed by atoms with van der Waals surface area (Å²) in [5.41, 5.74) is 1.78. The first-order valence-electron chi connectivity index (χ1n) is 6.55. The van der Waals surface area contributed by atoms with E-state index in [1.165, 1.54) is 31.2 Å². The first-order chi connectivity index (χ1) is 8.35. The zero-order chi connectivity index (χ0) is 12.0. The lowest BCUT2D eigenvalue weighted by atomic mass is 9.80. The first kappa shape index (κ1) is 12.7. The van der Waals surface area contributed by atoms with Crippen molar-refractivity contribution >= 4 is 0 Å². The Labute approximate surface area is 104 Å². The van der Waals surface area contributed by atoms with Gasteiger partial charge in [-0.3, -0.25) is 0 Å². The highest BCUT2D eigenvalue weighted by Gasteiger charge is 2.33. The van der Waals surface area contributed by atoms with Gasteiger partial charge >= 0.3 is 0 Å². The van der Waals surface area contributed by atoms with Crippen LogP contribution in [-0.2, 0) is 11.2 Å². The molecule has 1 aliphatic rings. The van der Waals surface area contributed by atoms with E-state index in [0.717, 1.165) is 26.1 Å². The normalized spacial score (nSPS) is 18.6. The average Bonchev–Trinajstić information content (AvgIpc) is 2.98. The van der Waals surface area contributed by atoms with Crippen LogP contribution >= 0.6 is 0 Å². The minimum absolute atomic E-state index is 0.442. The first-order valence-corrected chi connectivity index (χ1v) is 6.55. The lowest BCUT2D eigenvalue weighted by molar-refractivity contribution is 0.189. The summed E-state index contributed by atoms with van der Waals surface area (Å²) < 4.78 is 10.2. The maximum absolute atomic E-state index is 5.17. The molecule has 0 atom stereocenters. The number of methoxy groups -OCH3 is 1.